The number of benzene rings is 2. The topological polar surface area (TPSA) is 63.4 Å². The molecule has 0 fully saturated rings. The lowest BCUT2D eigenvalue weighted by atomic mass is 9.99. The third-order valence-corrected chi connectivity index (χ3v) is 6.32. The molecular formula is C22H17ClF2N2O2S. The highest BCUT2D eigenvalue weighted by Crippen LogP contribution is 2.43. The van der Waals surface area contributed by atoms with Crippen molar-refractivity contribution in [2.24, 2.45) is 5.73 Å². The number of primary amides is 1. The van der Waals surface area contributed by atoms with Gasteiger partial charge >= 0.3 is 0 Å². The molecule has 8 heteroatoms. The van der Waals surface area contributed by atoms with Crippen molar-refractivity contribution in [3.8, 4) is 0 Å². The maximum absolute atomic E-state index is 14.5. The molecule has 4 nitrogen and oxygen atoms in total. The molecule has 1 aliphatic carbocycles. The zero-order chi connectivity index (χ0) is 21.4. The Balaban J connectivity index is 1.87. The van der Waals surface area contributed by atoms with Crippen LogP contribution >= 0.6 is 22.9 Å². The van der Waals surface area contributed by atoms with E-state index in [1.54, 1.807) is 36.4 Å². The molecule has 2 amide bonds. The van der Waals surface area contributed by atoms with Gasteiger partial charge in [0.2, 0.25) is 5.91 Å². The van der Waals surface area contributed by atoms with Gasteiger partial charge in [-0.25, -0.2) is 4.39 Å². The number of rotatable bonds is 5. The fourth-order valence-electron chi connectivity index (χ4n) is 4.00. The number of halogens is 3. The lowest BCUT2D eigenvalue weighted by Crippen LogP contribution is -2.43. The molecule has 0 radical (unpaired) electrons. The van der Waals surface area contributed by atoms with E-state index in [1.165, 1.54) is 23.1 Å². The Morgan fingerprint density at radius 3 is 2.50 bits per heavy atom. The van der Waals surface area contributed by atoms with Crippen LogP contribution in [0.1, 0.15) is 44.9 Å². The van der Waals surface area contributed by atoms with E-state index in [2.05, 4.69) is 0 Å². The predicted molar refractivity (Wildman–Crippen MR) is 111 cm³/mol. The summed E-state index contributed by atoms with van der Waals surface area (Å²) in [5.74, 6) is -1.73. The average molecular weight is 447 g/mol. The average Bonchev–Trinajstić information content (AvgIpc) is 3.32. The number of hydrogen-bond donors (Lipinski definition) is 1. The summed E-state index contributed by atoms with van der Waals surface area (Å²) in [7, 11) is 0. The van der Waals surface area contributed by atoms with Gasteiger partial charge in [0.15, 0.2) is 5.13 Å². The number of hydrogen-bond acceptors (Lipinski definition) is 3. The van der Waals surface area contributed by atoms with Gasteiger partial charge in [0.05, 0.1) is 10.9 Å². The molecular weight excluding hydrogens is 430 g/mol. The summed E-state index contributed by atoms with van der Waals surface area (Å²) in [6.45, 7) is 0. The normalized spacial score (nSPS) is 16.2. The van der Waals surface area contributed by atoms with E-state index in [-0.39, 0.29) is 9.90 Å². The van der Waals surface area contributed by atoms with E-state index >= 15 is 0 Å². The third kappa shape index (κ3) is 3.70. The first-order valence-corrected chi connectivity index (χ1v) is 10.5. The summed E-state index contributed by atoms with van der Waals surface area (Å²) in [4.78, 5) is 27.5. The van der Waals surface area contributed by atoms with Crippen LogP contribution in [0.3, 0.4) is 0 Å². The summed E-state index contributed by atoms with van der Waals surface area (Å²) in [6, 6.07) is 12.3. The molecule has 4 rings (SSSR count). The van der Waals surface area contributed by atoms with Gasteiger partial charge in [-0.3, -0.25) is 9.59 Å². The Kier molecular flexibility index (Phi) is 5.58. The maximum Gasteiger partial charge on any atom is 0.265 e. The number of nitrogens with two attached hydrogens (primary N) is 1. The minimum atomic E-state index is -1.11. The van der Waals surface area contributed by atoms with Crippen molar-refractivity contribution in [1.29, 1.82) is 0 Å². The molecule has 0 aliphatic heterocycles. The molecule has 0 saturated heterocycles. The zero-order valence-electron chi connectivity index (χ0n) is 15.6. The molecule has 1 aliphatic rings. The van der Waals surface area contributed by atoms with Crippen molar-refractivity contribution in [3.63, 3.8) is 0 Å². The van der Waals surface area contributed by atoms with Crippen LogP contribution in [0.5, 0.6) is 0 Å². The summed E-state index contributed by atoms with van der Waals surface area (Å²) >= 11 is 6.76. The van der Waals surface area contributed by atoms with Crippen LogP contribution in [0, 0.1) is 10.9 Å². The monoisotopic (exact) mass is 446 g/mol. The molecule has 154 valence electrons. The number of nitrogens with zero attached hydrogens (tertiary/aromatic N) is 1. The van der Waals surface area contributed by atoms with Gasteiger partial charge < -0.3 is 10.6 Å². The van der Waals surface area contributed by atoms with Gasteiger partial charge in [-0.2, -0.15) is 4.39 Å². The quantitative estimate of drug-likeness (QED) is 0.597. The van der Waals surface area contributed by atoms with Crippen LogP contribution in [-0.4, -0.2) is 16.7 Å². The molecule has 2 atom stereocenters. The van der Waals surface area contributed by atoms with Crippen LogP contribution in [0.15, 0.2) is 54.6 Å². The third-order valence-electron chi connectivity index (χ3n) is 5.24. The Hall–Kier alpha value is -2.77. The van der Waals surface area contributed by atoms with Crippen molar-refractivity contribution in [3.05, 3.63) is 92.1 Å². The largest absolute Gasteiger partial charge is 0.368 e. The molecule has 30 heavy (non-hydrogen) atoms. The number of fused-ring (bicyclic) bond motifs is 1. The Morgan fingerprint density at radius 1 is 1.13 bits per heavy atom. The molecule has 0 unspecified atom stereocenters. The maximum atomic E-state index is 14.5. The van der Waals surface area contributed by atoms with E-state index in [9.17, 15) is 18.4 Å². The second-order valence-electron chi connectivity index (χ2n) is 7.04. The van der Waals surface area contributed by atoms with Crippen LogP contribution in [0.25, 0.3) is 0 Å². The van der Waals surface area contributed by atoms with Crippen molar-refractivity contribution in [1.82, 2.24) is 4.90 Å². The van der Waals surface area contributed by atoms with Crippen LogP contribution in [0.4, 0.5) is 8.78 Å². The van der Waals surface area contributed by atoms with E-state index in [4.69, 9.17) is 17.3 Å². The van der Waals surface area contributed by atoms with Gasteiger partial charge in [0.25, 0.3) is 5.91 Å². The summed E-state index contributed by atoms with van der Waals surface area (Å²) in [5.41, 5.74) is 7.24. The standard InChI is InChI=1S/C22H17ClF2N2O2S/c23-13-10-15-14(16(24)11-13)6-7-17(15)27(22(29)18-8-9-19(25)30-18)20(21(26)28)12-4-2-1-3-5-12/h1-5,8-11,17,20H,6-7H2,(H2,26,28)/t17-,20+/m1/s1. The first-order valence-electron chi connectivity index (χ1n) is 9.27. The molecule has 1 aromatic heterocycles. The van der Waals surface area contributed by atoms with Gasteiger partial charge in [-0.1, -0.05) is 41.9 Å². The van der Waals surface area contributed by atoms with Crippen molar-refractivity contribution in [2.45, 2.75) is 24.9 Å². The SMILES string of the molecule is NC(=O)[C@H](c1ccccc1)N(C(=O)c1ccc(F)s1)[C@@H]1CCc2c(F)cc(Cl)cc21. The Bertz CT molecular complexity index is 1120. The first-order chi connectivity index (χ1) is 14.4. The van der Waals surface area contributed by atoms with Crippen molar-refractivity contribution in [2.75, 3.05) is 0 Å². The van der Waals surface area contributed by atoms with Gasteiger partial charge in [-0.15, -0.1) is 11.3 Å². The van der Waals surface area contributed by atoms with E-state index < -0.39 is 34.8 Å². The van der Waals surface area contributed by atoms with Gasteiger partial charge in [0, 0.05) is 5.02 Å². The van der Waals surface area contributed by atoms with Gasteiger partial charge in [-0.05, 0) is 53.8 Å². The van der Waals surface area contributed by atoms with Crippen molar-refractivity contribution >= 4 is 34.8 Å². The highest BCUT2D eigenvalue weighted by molar-refractivity contribution is 7.12. The Labute approximate surface area is 180 Å². The number of amides is 2. The molecule has 0 spiro atoms. The number of carbonyl (C=O) groups is 2. The number of thiophene rings is 1. The van der Waals surface area contributed by atoms with E-state index in [0.717, 1.165) is 0 Å². The Morgan fingerprint density at radius 2 is 1.87 bits per heavy atom. The summed E-state index contributed by atoms with van der Waals surface area (Å²) in [6.07, 6.45) is 0.772. The van der Waals surface area contributed by atoms with Crippen LogP contribution in [-0.2, 0) is 11.2 Å². The molecule has 0 saturated carbocycles. The smallest absolute Gasteiger partial charge is 0.265 e. The van der Waals surface area contributed by atoms with E-state index in [0.29, 0.717) is 40.9 Å². The van der Waals surface area contributed by atoms with Crippen LogP contribution in [0.2, 0.25) is 5.02 Å². The van der Waals surface area contributed by atoms with Gasteiger partial charge in [0.1, 0.15) is 11.9 Å². The summed E-state index contributed by atoms with van der Waals surface area (Å²) < 4.78 is 28.1. The zero-order valence-corrected chi connectivity index (χ0v) is 17.2. The van der Waals surface area contributed by atoms with Crippen LogP contribution < -0.4 is 5.73 Å². The van der Waals surface area contributed by atoms with E-state index in [1.807, 2.05) is 0 Å². The molecule has 0 bridgehead atoms. The lowest BCUT2D eigenvalue weighted by Gasteiger charge is -2.35. The number of carbonyl (C=O) groups excluding carboxylic acids is 2. The molecule has 1 heterocycles. The second kappa shape index (κ2) is 8.16. The minimum absolute atomic E-state index is 0.130. The minimum Gasteiger partial charge on any atom is -0.368 e. The molecule has 2 N–H and O–H groups in total. The summed E-state index contributed by atoms with van der Waals surface area (Å²) in [5, 5.41) is -0.322. The lowest BCUT2D eigenvalue weighted by molar-refractivity contribution is -0.123. The predicted octanol–water partition coefficient (Wildman–Crippen LogP) is 5.04. The first kappa shape index (κ1) is 20.5. The fraction of sp³-hybridized carbons (Fsp3) is 0.182. The second-order valence-corrected chi connectivity index (χ2v) is 8.51. The fourth-order valence-corrected chi connectivity index (χ4v) is 4.89. The van der Waals surface area contributed by atoms with Crippen molar-refractivity contribution < 1.29 is 18.4 Å². The molecule has 2 aromatic carbocycles. The highest BCUT2D eigenvalue weighted by Gasteiger charge is 2.40. The molecule has 3 aromatic rings. The highest BCUT2D eigenvalue weighted by atomic mass is 35.5.